The molecule has 2 aromatic carbocycles. The van der Waals surface area contributed by atoms with Gasteiger partial charge in [0, 0.05) is 44.8 Å². The molecule has 2 aromatic heterocycles. The van der Waals surface area contributed by atoms with Crippen molar-refractivity contribution in [3.8, 4) is 5.75 Å². The van der Waals surface area contributed by atoms with Crippen molar-refractivity contribution in [2.45, 2.75) is 13.3 Å². The number of aromatic amines is 1. The normalized spacial score (nSPS) is 11.3. The average molecular weight is 488 g/mol. The van der Waals surface area contributed by atoms with Crippen molar-refractivity contribution in [2.75, 3.05) is 7.11 Å². The first-order valence-electron chi connectivity index (χ1n) is 8.40. The second-order valence-electron chi connectivity index (χ2n) is 6.45. The van der Waals surface area contributed by atoms with Crippen LogP contribution in [0.3, 0.4) is 0 Å². The molecular weight excluding hydrogens is 472 g/mol. The van der Waals surface area contributed by atoms with Gasteiger partial charge in [-0.15, -0.1) is 0 Å². The third-order valence-electron chi connectivity index (χ3n) is 4.56. The highest BCUT2D eigenvalue weighted by atomic mass is 79.9. The van der Waals surface area contributed by atoms with Gasteiger partial charge in [-0.2, -0.15) is 0 Å². The fourth-order valence-corrected chi connectivity index (χ4v) is 4.69. The number of nitrogens with zero attached hydrogens (tertiary/aromatic N) is 1. The van der Waals surface area contributed by atoms with E-state index < -0.39 is 0 Å². The number of hydrogen-bond acceptors (Lipinski definition) is 3. The lowest BCUT2D eigenvalue weighted by Crippen LogP contribution is -2.02. The number of hydrogen-bond donors (Lipinski definition) is 1. The summed E-state index contributed by atoms with van der Waals surface area (Å²) in [4.78, 5) is 20.1. The van der Waals surface area contributed by atoms with E-state index in [1.807, 2.05) is 31.2 Å². The lowest BCUT2D eigenvalue weighted by atomic mass is 10.0. The van der Waals surface area contributed by atoms with Crippen LogP contribution in [0.4, 0.5) is 0 Å². The van der Waals surface area contributed by atoms with Gasteiger partial charge < -0.3 is 9.72 Å². The van der Waals surface area contributed by atoms with E-state index in [4.69, 9.17) is 9.72 Å². The number of methoxy groups -OCH3 is 1. The number of ether oxygens (including phenoxy) is 1. The number of fused-ring (bicyclic) bond motifs is 2. The lowest BCUT2D eigenvalue weighted by molar-refractivity contribution is 0.419. The molecular formula is C21H16Br2N2O2. The van der Waals surface area contributed by atoms with Crippen LogP contribution in [0.15, 0.2) is 56.3 Å². The summed E-state index contributed by atoms with van der Waals surface area (Å²) in [5, 5.41) is 1.68. The smallest absolute Gasteiger partial charge is 0.190 e. The fourth-order valence-electron chi connectivity index (χ4n) is 3.42. The minimum atomic E-state index is -0.00648. The minimum absolute atomic E-state index is 0.00648. The standard InChI is InChI=1S/C21H16Br2N2O2/c1-11-5-13(22)9-17-20(11)19(27-2)10-14(25-17)6-12-7-15(23)21-16(8-12)24-4-3-18(21)26/h3-5,7-10H,6H2,1-2H3,(H,24,26). The zero-order valence-corrected chi connectivity index (χ0v) is 17.9. The van der Waals surface area contributed by atoms with Gasteiger partial charge in [-0.3, -0.25) is 9.78 Å². The SMILES string of the molecule is COc1cc(Cc2cc(Br)c3c(=O)cc[nH]c3c2)nc2cc(Br)cc(C)c12. The second kappa shape index (κ2) is 7.09. The molecule has 136 valence electrons. The molecule has 4 aromatic rings. The minimum Gasteiger partial charge on any atom is -0.496 e. The van der Waals surface area contributed by atoms with Crippen LogP contribution in [0.2, 0.25) is 0 Å². The van der Waals surface area contributed by atoms with Crippen LogP contribution < -0.4 is 10.2 Å². The Morgan fingerprint density at radius 1 is 1.11 bits per heavy atom. The molecule has 0 fully saturated rings. The fraction of sp³-hybridized carbons (Fsp3) is 0.143. The number of benzene rings is 2. The number of rotatable bonds is 3. The molecule has 4 nitrogen and oxygen atoms in total. The number of nitrogens with one attached hydrogen (secondary N) is 1. The average Bonchev–Trinajstić information content (AvgIpc) is 2.60. The molecule has 0 atom stereocenters. The van der Waals surface area contributed by atoms with Crippen molar-refractivity contribution < 1.29 is 4.74 Å². The molecule has 0 aliphatic rings. The van der Waals surface area contributed by atoms with Crippen LogP contribution in [-0.4, -0.2) is 17.1 Å². The van der Waals surface area contributed by atoms with Gasteiger partial charge in [-0.1, -0.05) is 15.9 Å². The lowest BCUT2D eigenvalue weighted by Gasteiger charge is -2.12. The summed E-state index contributed by atoms with van der Waals surface area (Å²) in [6, 6.07) is 11.5. The van der Waals surface area contributed by atoms with E-state index in [1.54, 1.807) is 13.3 Å². The van der Waals surface area contributed by atoms with Crippen molar-refractivity contribution in [1.29, 1.82) is 0 Å². The Balaban J connectivity index is 1.84. The molecule has 0 bridgehead atoms. The quantitative estimate of drug-likeness (QED) is 0.414. The number of halogens is 2. The molecule has 0 unspecified atom stereocenters. The maximum absolute atomic E-state index is 12.1. The maximum Gasteiger partial charge on any atom is 0.190 e. The highest BCUT2D eigenvalue weighted by Gasteiger charge is 2.12. The van der Waals surface area contributed by atoms with Gasteiger partial charge in [0.1, 0.15) is 5.75 Å². The van der Waals surface area contributed by atoms with Crippen molar-refractivity contribution in [1.82, 2.24) is 9.97 Å². The van der Waals surface area contributed by atoms with E-state index in [1.165, 1.54) is 6.07 Å². The van der Waals surface area contributed by atoms with Gasteiger partial charge in [-0.05, 0) is 58.2 Å². The number of aromatic nitrogens is 2. The monoisotopic (exact) mass is 486 g/mol. The zero-order chi connectivity index (χ0) is 19.1. The number of aryl methyl sites for hydroxylation is 1. The first kappa shape index (κ1) is 18.2. The summed E-state index contributed by atoms with van der Waals surface area (Å²) in [5.74, 6) is 0.813. The van der Waals surface area contributed by atoms with Crippen molar-refractivity contribution in [2.24, 2.45) is 0 Å². The Kier molecular flexibility index (Phi) is 4.78. The zero-order valence-electron chi connectivity index (χ0n) is 14.8. The van der Waals surface area contributed by atoms with Crippen LogP contribution >= 0.6 is 31.9 Å². The van der Waals surface area contributed by atoms with Gasteiger partial charge in [0.15, 0.2) is 5.43 Å². The van der Waals surface area contributed by atoms with Crippen molar-refractivity contribution in [3.63, 3.8) is 0 Å². The van der Waals surface area contributed by atoms with Gasteiger partial charge in [-0.25, -0.2) is 0 Å². The van der Waals surface area contributed by atoms with E-state index in [-0.39, 0.29) is 5.43 Å². The van der Waals surface area contributed by atoms with Gasteiger partial charge in [0.05, 0.1) is 23.5 Å². The molecule has 1 N–H and O–H groups in total. The predicted octanol–water partition coefficient (Wildman–Crippen LogP) is 5.51. The van der Waals surface area contributed by atoms with Crippen LogP contribution in [0.25, 0.3) is 21.8 Å². The first-order valence-corrected chi connectivity index (χ1v) is 9.98. The molecule has 0 amide bonds. The van der Waals surface area contributed by atoms with E-state index in [0.29, 0.717) is 11.8 Å². The van der Waals surface area contributed by atoms with Crippen LogP contribution in [0, 0.1) is 6.92 Å². The Bertz CT molecular complexity index is 1250. The molecule has 27 heavy (non-hydrogen) atoms. The maximum atomic E-state index is 12.1. The molecule has 0 aliphatic heterocycles. The third kappa shape index (κ3) is 3.39. The molecule has 4 rings (SSSR count). The first-order chi connectivity index (χ1) is 13.0. The summed E-state index contributed by atoms with van der Waals surface area (Å²) < 4.78 is 7.40. The molecule has 0 spiro atoms. The molecule has 0 radical (unpaired) electrons. The second-order valence-corrected chi connectivity index (χ2v) is 8.22. The highest BCUT2D eigenvalue weighted by molar-refractivity contribution is 9.11. The Morgan fingerprint density at radius 3 is 2.70 bits per heavy atom. The Morgan fingerprint density at radius 2 is 1.93 bits per heavy atom. The van der Waals surface area contributed by atoms with Crippen LogP contribution in [0.5, 0.6) is 5.75 Å². The van der Waals surface area contributed by atoms with Gasteiger partial charge >= 0.3 is 0 Å². The van der Waals surface area contributed by atoms with Crippen LogP contribution in [0.1, 0.15) is 16.8 Å². The van der Waals surface area contributed by atoms with E-state index in [2.05, 4.69) is 42.9 Å². The largest absolute Gasteiger partial charge is 0.496 e. The van der Waals surface area contributed by atoms with Crippen LogP contribution in [-0.2, 0) is 6.42 Å². The highest BCUT2D eigenvalue weighted by Crippen LogP contribution is 2.32. The van der Waals surface area contributed by atoms with Crippen molar-refractivity contribution >= 4 is 53.7 Å². The summed E-state index contributed by atoms with van der Waals surface area (Å²) in [6.45, 7) is 2.05. The Labute approximate surface area is 172 Å². The number of H-pyrrole nitrogens is 1. The van der Waals surface area contributed by atoms with Crippen molar-refractivity contribution in [3.05, 3.63) is 78.6 Å². The summed E-state index contributed by atoms with van der Waals surface area (Å²) >= 11 is 7.07. The number of pyridine rings is 2. The van der Waals surface area contributed by atoms with Gasteiger partial charge in [0.2, 0.25) is 0 Å². The summed E-state index contributed by atoms with van der Waals surface area (Å²) in [7, 11) is 1.68. The van der Waals surface area contributed by atoms with Gasteiger partial charge in [0.25, 0.3) is 0 Å². The van der Waals surface area contributed by atoms with E-state index in [9.17, 15) is 4.79 Å². The van der Waals surface area contributed by atoms with E-state index >= 15 is 0 Å². The third-order valence-corrected chi connectivity index (χ3v) is 5.65. The topological polar surface area (TPSA) is 55.0 Å². The molecule has 0 aliphatic carbocycles. The predicted molar refractivity (Wildman–Crippen MR) is 116 cm³/mol. The summed E-state index contributed by atoms with van der Waals surface area (Å²) in [5.41, 5.74) is 4.76. The molecule has 0 saturated heterocycles. The Hall–Kier alpha value is -2.18. The molecule has 2 heterocycles. The molecule has 0 saturated carbocycles. The van der Waals surface area contributed by atoms with E-state index in [0.717, 1.165) is 47.9 Å². The molecule has 6 heteroatoms. The summed E-state index contributed by atoms with van der Waals surface area (Å²) in [6.07, 6.45) is 2.29.